The number of rotatable bonds is 2. The lowest BCUT2D eigenvalue weighted by molar-refractivity contribution is -0.110. The number of benzene rings is 1. The van der Waals surface area contributed by atoms with E-state index in [-0.39, 0.29) is 5.91 Å². The molecule has 0 atom stereocenters. The number of aromatic nitrogens is 1. The normalized spacial score (nSPS) is 18.0. The van der Waals surface area contributed by atoms with Crippen LogP contribution >= 0.6 is 0 Å². The number of aryl methyl sites for hydroxylation is 2. The minimum Gasteiger partial charge on any atom is -0.497 e. The molecule has 4 rings (SSSR count). The summed E-state index contributed by atoms with van der Waals surface area (Å²) in [4.78, 5) is 15.7. The summed E-state index contributed by atoms with van der Waals surface area (Å²) >= 11 is 0. The van der Waals surface area contributed by atoms with Gasteiger partial charge in [0.05, 0.1) is 12.7 Å². The van der Waals surface area contributed by atoms with Crippen LogP contribution in [0.1, 0.15) is 35.4 Å². The maximum atomic E-state index is 12.2. The van der Waals surface area contributed by atoms with Gasteiger partial charge in [-0.15, -0.1) is 0 Å². The average molecular weight is 294 g/mol. The number of nitrogens with one attached hydrogen (secondary N) is 2. The van der Waals surface area contributed by atoms with Crippen LogP contribution in [0.4, 0.5) is 5.69 Å². The third-order valence-corrected chi connectivity index (χ3v) is 4.45. The Kier molecular flexibility index (Phi) is 3.03. The molecule has 1 aliphatic heterocycles. The maximum Gasteiger partial charge on any atom is 0.256 e. The number of hydrogen-bond acceptors (Lipinski definition) is 2. The Balaban J connectivity index is 1.76. The van der Waals surface area contributed by atoms with Crippen LogP contribution in [0.3, 0.4) is 0 Å². The number of hydrogen-bond donors (Lipinski definition) is 2. The molecule has 22 heavy (non-hydrogen) atoms. The van der Waals surface area contributed by atoms with E-state index in [0.29, 0.717) is 5.57 Å². The van der Waals surface area contributed by atoms with E-state index < -0.39 is 0 Å². The Labute approximate surface area is 129 Å². The van der Waals surface area contributed by atoms with Crippen molar-refractivity contribution >= 4 is 23.2 Å². The van der Waals surface area contributed by atoms with E-state index in [2.05, 4.69) is 16.4 Å². The van der Waals surface area contributed by atoms with Crippen molar-refractivity contribution in [2.75, 3.05) is 12.4 Å². The summed E-state index contributed by atoms with van der Waals surface area (Å²) in [5.41, 5.74) is 6.15. The molecule has 2 aromatic rings. The van der Waals surface area contributed by atoms with Gasteiger partial charge in [-0.25, -0.2) is 0 Å². The first-order valence-corrected chi connectivity index (χ1v) is 7.67. The molecule has 4 heteroatoms. The van der Waals surface area contributed by atoms with Gasteiger partial charge in [0.2, 0.25) is 0 Å². The highest BCUT2D eigenvalue weighted by atomic mass is 16.5. The first kappa shape index (κ1) is 13.2. The van der Waals surface area contributed by atoms with Gasteiger partial charge in [-0.3, -0.25) is 4.79 Å². The minimum atomic E-state index is -0.0594. The van der Waals surface area contributed by atoms with Crippen LogP contribution in [0.5, 0.6) is 5.75 Å². The molecule has 1 amide bonds. The molecular formula is C18H18N2O2. The zero-order chi connectivity index (χ0) is 15.1. The predicted octanol–water partition coefficient (Wildman–Crippen LogP) is 3.39. The Bertz CT molecular complexity index is 763. The van der Waals surface area contributed by atoms with Crippen LogP contribution in [0.15, 0.2) is 24.3 Å². The van der Waals surface area contributed by atoms with E-state index >= 15 is 0 Å². The van der Waals surface area contributed by atoms with Gasteiger partial charge in [0.25, 0.3) is 5.91 Å². The zero-order valence-electron chi connectivity index (χ0n) is 12.5. The lowest BCUT2D eigenvalue weighted by Crippen LogP contribution is -2.03. The van der Waals surface area contributed by atoms with Gasteiger partial charge in [-0.1, -0.05) is 0 Å². The smallest absolute Gasteiger partial charge is 0.256 e. The molecule has 0 saturated heterocycles. The van der Waals surface area contributed by atoms with Gasteiger partial charge in [-0.05, 0) is 61.6 Å². The summed E-state index contributed by atoms with van der Waals surface area (Å²) in [5, 5.41) is 2.90. The summed E-state index contributed by atoms with van der Waals surface area (Å²) in [5.74, 6) is 0.697. The minimum absolute atomic E-state index is 0.0594. The lowest BCUT2D eigenvalue weighted by atomic mass is 9.98. The van der Waals surface area contributed by atoms with E-state index in [4.69, 9.17) is 4.74 Å². The molecule has 112 valence electrons. The number of carbonyl (C=O) groups is 1. The van der Waals surface area contributed by atoms with Crippen LogP contribution < -0.4 is 10.1 Å². The van der Waals surface area contributed by atoms with Crippen molar-refractivity contribution in [1.29, 1.82) is 0 Å². The number of aromatic amines is 1. The fraction of sp³-hybridized carbons (Fsp3) is 0.278. The molecular weight excluding hydrogens is 276 g/mol. The number of fused-ring (bicyclic) bond motifs is 2. The molecule has 0 radical (unpaired) electrons. The van der Waals surface area contributed by atoms with Crippen LogP contribution in [0.2, 0.25) is 0 Å². The van der Waals surface area contributed by atoms with Crippen LogP contribution in [0.25, 0.3) is 11.6 Å². The SMILES string of the molecule is COc1ccc2c(c1)C(=Cc1cc3c([nH]1)CCCC3)C(=O)N2. The van der Waals surface area contributed by atoms with Gasteiger partial charge in [0.1, 0.15) is 5.75 Å². The monoisotopic (exact) mass is 294 g/mol. The van der Waals surface area contributed by atoms with Crippen molar-refractivity contribution in [3.8, 4) is 5.75 Å². The molecule has 4 nitrogen and oxygen atoms in total. The summed E-state index contributed by atoms with van der Waals surface area (Å²) in [6, 6.07) is 7.82. The third kappa shape index (κ3) is 2.11. The third-order valence-electron chi connectivity index (χ3n) is 4.45. The van der Waals surface area contributed by atoms with Crippen molar-refractivity contribution in [3.05, 3.63) is 46.8 Å². The molecule has 1 aromatic heterocycles. The zero-order valence-corrected chi connectivity index (χ0v) is 12.5. The second kappa shape index (κ2) is 5.05. The van der Waals surface area contributed by atoms with Crippen molar-refractivity contribution < 1.29 is 9.53 Å². The highest BCUT2D eigenvalue weighted by Gasteiger charge is 2.25. The number of amides is 1. The highest BCUT2D eigenvalue weighted by molar-refractivity contribution is 6.34. The maximum absolute atomic E-state index is 12.2. The summed E-state index contributed by atoms with van der Waals surface area (Å²) < 4.78 is 5.27. The number of carbonyl (C=O) groups excluding carboxylic acids is 1. The molecule has 0 saturated carbocycles. The van der Waals surface area contributed by atoms with Gasteiger partial charge >= 0.3 is 0 Å². The first-order valence-electron chi connectivity index (χ1n) is 7.67. The second-order valence-corrected chi connectivity index (χ2v) is 5.86. The molecule has 0 unspecified atom stereocenters. The van der Waals surface area contributed by atoms with Crippen LogP contribution in [-0.4, -0.2) is 18.0 Å². The summed E-state index contributed by atoms with van der Waals surface area (Å²) in [7, 11) is 1.63. The van der Waals surface area contributed by atoms with Crippen molar-refractivity contribution in [1.82, 2.24) is 4.98 Å². The summed E-state index contributed by atoms with van der Waals surface area (Å²) in [6.07, 6.45) is 6.67. The predicted molar refractivity (Wildman–Crippen MR) is 86.9 cm³/mol. The van der Waals surface area contributed by atoms with Gasteiger partial charge in [0.15, 0.2) is 0 Å². The van der Waals surface area contributed by atoms with Crippen LogP contribution in [0, 0.1) is 0 Å². The topological polar surface area (TPSA) is 54.1 Å². The largest absolute Gasteiger partial charge is 0.497 e. The first-order chi connectivity index (χ1) is 10.7. The van der Waals surface area contributed by atoms with E-state index in [9.17, 15) is 4.79 Å². The number of ether oxygens (including phenoxy) is 1. The standard InChI is InChI=1S/C18H18N2O2/c1-22-13-6-7-17-14(10-13)15(18(21)20-17)9-12-8-11-4-2-3-5-16(11)19-12/h6-10,19H,2-5H2,1H3,(H,20,21). The van der Waals surface area contributed by atoms with Gasteiger partial charge < -0.3 is 15.0 Å². The average Bonchev–Trinajstić information content (AvgIpc) is 3.08. The number of H-pyrrole nitrogens is 1. The number of methoxy groups -OCH3 is 1. The molecule has 0 bridgehead atoms. The van der Waals surface area contributed by atoms with Crippen LogP contribution in [-0.2, 0) is 17.6 Å². The quantitative estimate of drug-likeness (QED) is 0.834. The molecule has 2 aliphatic rings. The Morgan fingerprint density at radius 3 is 2.86 bits per heavy atom. The van der Waals surface area contributed by atoms with Crippen molar-refractivity contribution in [2.24, 2.45) is 0 Å². The molecule has 1 aromatic carbocycles. The van der Waals surface area contributed by atoms with Gasteiger partial charge in [-0.2, -0.15) is 0 Å². The lowest BCUT2D eigenvalue weighted by Gasteiger charge is -2.08. The molecule has 0 spiro atoms. The van der Waals surface area contributed by atoms with E-state index in [1.54, 1.807) is 7.11 Å². The van der Waals surface area contributed by atoms with E-state index in [0.717, 1.165) is 35.5 Å². The van der Waals surface area contributed by atoms with E-state index in [1.807, 2.05) is 24.3 Å². The Hall–Kier alpha value is -2.49. The number of anilines is 1. The molecule has 0 fully saturated rings. The van der Waals surface area contributed by atoms with E-state index in [1.165, 1.54) is 24.1 Å². The molecule has 1 aliphatic carbocycles. The molecule has 2 heterocycles. The Morgan fingerprint density at radius 1 is 1.18 bits per heavy atom. The van der Waals surface area contributed by atoms with Gasteiger partial charge in [0, 0.05) is 22.6 Å². The molecule has 2 N–H and O–H groups in total. The second-order valence-electron chi connectivity index (χ2n) is 5.86. The van der Waals surface area contributed by atoms with Crippen molar-refractivity contribution in [3.63, 3.8) is 0 Å². The fourth-order valence-corrected chi connectivity index (χ4v) is 3.30. The Morgan fingerprint density at radius 2 is 2.05 bits per heavy atom. The summed E-state index contributed by atoms with van der Waals surface area (Å²) in [6.45, 7) is 0. The van der Waals surface area contributed by atoms with Crippen molar-refractivity contribution in [2.45, 2.75) is 25.7 Å². The fourth-order valence-electron chi connectivity index (χ4n) is 3.30. The highest BCUT2D eigenvalue weighted by Crippen LogP contribution is 2.36.